The molecule has 0 unspecified atom stereocenters. The third-order valence-electron chi connectivity index (χ3n) is 4.39. The number of nitrogens with zero attached hydrogens (tertiary/aromatic N) is 4. The Morgan fingerprint density at radius 1 is 0.759 bits per heavy atom. The Balaban J connectivity index is 1.72. The van der Waals surface area contributed by atoms with Crippen LogP contribution in [0.4, 0.5) is 10.3 Å². The summed E-state index contributed by atoms with van der Waals surface area (Å²) in [5.74, 6) is 0.200. The summed E-state index contributed by atoms with van der Waals surface area (Å²) in [6, 6.07) is 28.1. The van der Waals surface area contributed by atoms with Gasteiger partial charge in [-0.1, -0.05) is 72.8 Å². The maximum Gasteiger partial charge on any atom is 0.247 e. The van der Waals surface area contributed by atoms with Gasteiger partial charge in [-0.2, -0.15) is 5.10 Å². The number of anilines is 1. The second-order valence-electron chi connectivity index (χ2n) is 6.49. The Morgan fingerprint density at radius 2 is 1.28 bits per heavy atom. The fraction of sp³-hybridized carbons (Fsp3) is 0.0417. The Labute approximate surface area is 169 Å². The number of aromatic nitrogens is 2. The first kappa shape index (κ1) is 18.5. The molecule has 0 N–H and O–H groups in total. The lowest BCUT2D eigenvalue weighted by atomic mass is 10.1. The molecule has 0 aliphatic rings. The molecule has 0 aliphatic carbocycles. The van der Waals surface area contributed by atoms with Gasteiger partial charge in [0, 0.05) is 18.2 Å². The van der Waals surface area contributed by atoms with Crippen molar-refractivity contribution in [2.45, 2.75) is 0 Å². The molecule has 0 spiro atoms. The fourth-order valence-electron chi connectivity index (χ4n) is 2.85. The minimum atomic E-state index is -0.276. The van der Waals surface area contributed by atoms with E-state index in [1.54, 1.807) is 30.4 Å². The summed E-state index contributed by atoms with van der Waals surface area (Å²) in [6.45, 7) is 0. The van der Waals surface area contributed by atoms with Gasteiger partial charge in [-0.05, 0) is 23.8 Å². The summed E-state index contributed by atoms with van der Waals surface area (Å²) in [5, 5.41) is 6.04. The van der Waals surface area contributed by atoms with Crippen LogP contribution in [0.1, 0.15) is 5.56 Å². The van der Waals surface area contributed by atoms with Crippen LogP contribution < -0.4 is 5.01 Å². The summed E-state index contributed by atoms with van der Waals surface area (Å²) >= 11 is 0. The highest BCUT2D eigenvalue weighted by molar-refractivity contribution is 5.80. The molecule has 29 heavy (non-hydrogen) atoms. The van der Waals surface area contributed by atoms with E-state index in [9.17, 15) is 4.39 Å². The van der Waals surface area contributed by atoms with Crippen LogP contribution in [0.15, 0.2) is 96.1 Å². The molecule has 0 fully saturated rings. The molecular formula is C24H19FN4. The summed E-state index contributed by atoms with van der Waals surface area (Å²) in [6.07, 6.45) is 1.65. The molecule has 0 atom stereocenters. The lowest BCUT2D eigenvalue weighted by molar-refractivity contribution is 0.628. The topological polar surface area (TPSA) is 41.4 Å². The van der Waals surface area contributed by atoms with Gasteiger partial charge in [0.1, 0.15) is 5.82 Å². The van der Waals surface area contributed by atoms with E-state index < -0.39 is 0 Å². The van der Waals surface area contributed by atoms with Gasteiger partial charge in [0.05, 0.1) is 17.6 Å². The molecular weight excluding hydrogens is 363 g/mol. The molecule has 5 heteroatoms. The van der Waals surface area contributed by atoms with Crippen molar-refractivity contribution >= 4 is 12.2 Å². The van der Waals surface area contributed by atoms with Crippen molar-refractivity contribution < 1.29 is 4.39 Å². The van der Waals surface area contributed by atoms with E-state index in [0.717, 1.165) is 28.1 Å². The second-order valence-corrected chi connectivity index (χ2v) is 6.49. The fourth-order valence-corrected chi connectivity index (χ4v) is 2.85. The van der Waals surface area contributed by atoms with Gasteiger partial charge in [-0.15, -0.1) is 0 Å². The van der Waals surface area contributed by atoms with Crippen LogP contribution in [-0.4, -0.2) is 23.2 Å². The van der Waals surface area contributed by atoms with E-state index in [2.05, 4.69) is 5.10 Å². The zero-order valence-corrected chi connectivity index (χ0v) is 15.9. The van der Waals surface area contributed by atoms with Crippen molar-refractivity contribution in [3.8, 4) is 22.5 Å². The molecule has 0 saturated carbocycles. The highest BCUT2D eigenvalue weighted by Gasteiger charge is 2.11. The molecule has 4 aromatic rings. The van der Waals surface area contributed by atoms with Crippen molar-refractivity contribution in [2.75, 3.05) is 12.1 Å². The van der Waals surface area contributed by atoms with Crippen LogP contribution in [0, 0.1) is 5.82 Å². The average Bonchev–Trinajstić information content (AvgIpc) is 2.79. The van der Waals surface area contributed by atoms with E-state index >= 15 is 0 Å². The Morgan fingerprint density at radius 3 is 1.79 bits per heavy atom. The zero-order valence-electron chi connectivity index (χ0n) is 15.9. The van der Waals surface area contributed by atoms with E-state index in [4.69, 9.17) is 9.97 Å². The summed E-state index contributed by atoms with van der Waals surface area (Å²) in [4.78, 5) is 9.39. The molecule has 0 aliphatic heterocycles. The molecule has 1 heterocycles. The molecule has 142 valence electrons. The molecule has 1 aromatic heterocycles. The smallest absolute Gasteiger partial charge is 0.235 e. The first-order valence-corrected chi connectivity index (χ1v) is 9.22. The molecule has 0 radical (unpaired) electrons. The summed E-state index contributed by atoms with van der Waals surface area (Å²) in [7, 11) is 1.79. The molecule has 4 nitrogen and oxygen atoms in total. The van der Waals surface area contributed by atoms with E-state index in [-0.39, 0.29) is 5.82 Å². The number of hydrogen-bond acceptors (Lipinski definition) is 4. The van der Waals surface area contributed by atoms with Crippen molar-refractivity contribution in [1.82, 2.24) is 9.97 Å². The number of benzene rings is 3. The maximum absolute atomic E-state index is 13.1. The van der Waals surface area contributed by atoms with Crippen LogP contribution >= 0.6 is 0 Å². The summed E-state index contributed by atoms with van der Waals surface area (Å²) in [5.41, 5.74) is 4.44. The predicted octanol–water partition coefficient (Wildman–Crippen LogP) is 5.42. The van der Waals surface area contributed by atoms with Gasteiger partial charge < -0.3 is 0 Å². The number of hydrazone groups is 1. The molecule has 3 aromatic carbocycles. The maximum atomic E-state index is 13.1. The molecule has 0 amide bonds. The number of halogens is 1. The van der Waals surface area contributed by atoms with Gasteiger partial charge in [0.2, 0.25) is 5.95 Å². The normalized spacial score (nSPS) is 11.0. The standard InChI is InChI=1S/C24H19FN4/c1-29(26-17-18-12-14-21(25)15-13-18)24-27-22(19-8-4-2-5-9-19)16-23(28-24)20-10-6-3-7-11-20/h2-17H,1H3/b26-17+. The Bertz CT molecular complexity index is 1050. The minimum absolute atomic E-state index is 0.276. The average molecular weight is 382 g/mol. The highest BCUT2D eigenvalue weighted by Crippen LogP contribution is 2.26. The van der Waals surface area contributed by atoms with Crippen molar-refractivity contribution in [2.24, 2.45) is 5.10 Å². The van der Waals surface area contributed by atoms with Crippen molar-refractivity contribution in [1.29, 1.82) is 0 Å². The van der Waals surface area contributed by atoms with Gasteiger partial charge in [-0.25, -0.2) is 19.4 Å². The zero-order chi connectivity index (χ0) is 20.1. The minimum Gasteiger partial charge on any atom is -0.235 e. The summed E-state index contributed by atoms with van der Waals surface area (Å²) < 4.78 is 13.1. The van der Waals surface area contributed by atoms with Gasteiger partial charge in [0.15, 0.2) is 0 Å². The van der Waals surface area contributed by atoms with Crippen LogP contribution in [-0.2, 0) is 0 Å². The van der Waals surface area contributed by atoms with Crippen LogP contribution in [0.25, 0.3) is 22.5 Å². The number of hydrogen-bond donors (Lipinski definition) is 0. The van der Waals surface area contributed by atoms with Crippen LogP contribution in [0.5, 0.6) is 0 Å². The van der Waals surface area contributed by atoms with Crippen molar-refractivity contribution in [3.05, 3.63) is 102 Å². The first-order valence-electron chi connectivity index (χ1n) is 9.22. The van der Waals surface area contributed by atoms with E-state index in [1.165, 1.54) is 12.1 Å². The second kappa shape index (κ2) is 8.44. The van der Waals surface area contributed by atoms with Crippen LogP contribution in [0.2, 0.25) is 0 Å². The SMILES string of the molecule is CN(/N=C/c1ccc(F)cc1)c1nc(-c2ccccc2)cc(-c2ccccc2)n1. The quantitative estimate of drug-likeness (QED) is 0.342. The van der Waals surface area contributed by atoms with Gasteiger partial charge in [-0.3, -0.25) is 0 Å². The monoisotopic (exact) mass is 382 g/mol. The Kier molecular flexibility index (Phi) is 5.38. The van der Waals surface area contributed by atoms with Gasteiger partial charge >= 0.3 is 0 Å². The van der Waals surface area contributed by atoms with Crippen molar-refractivity contribution in [3.63, 3.8) is 0 Å². The highest BCUT2D eigenvalue weighted by atomic mass is 19.1. The van der Waals surface area contributed by atoms with E-state index in [1.807, 2.05) is 66.7 Å². The molecule has 4 rings (SSSR count). The lowest BCUT2D eigenvalue weighted by Gasteiger charge is -2.14. The van der Waals surface area contributed by atoms with Crippen LogP contribution in [0.3, 0.4) is 0 Å². The predicted molar refractivity (Wildman–Crippen MR) is 115 cm³/mol. The van der Waals surface area contributed by atoms with Gasteiger partial charge in [0.25, 0.3) is 0 Å². The molecule has 0 saturated heterocycles. The first-order chi connectivity index (χ1) is 14.2. The third-order valence-corrected chi connectivity index (χ3v) is 4.39. The Hall–Kier alpha value is -3.86. The lowest BCUT2D eigenvalue weighted by Crippen LogP contribution is -2.13. The number of rotatable bonds is 5. The van der Waals surface area contributed by atoms with E-state index in [0.29, 0.717) is 5.95 Å². The molecule has 0 bridgehead atoms. The largest absolute Gasteiger partial charge is 0.247 e. The third kappa shape index (κ3) is 4.52.